The summed E-state index contributed by atoms with van der Waals surface area (Å²) >= 11 is 12.2. The number of benzene rings is 1. The SMILES string of the molecule is Cn1cc(C2=CN=C(Nc3cc(Cl)cc(Cl)c3)NC2(N)C2CCCCC2)cn1. The van der Waals surface area contributed by atoms with Crippen LogP contribution in [-0.2, 0) is 7.05 Å². The van der Waals surface area contributed by atoms with Gasteiger partial charge in [-0.1, -0.05) is 42.5 Å². The standard InChI is InChI=1S/C20H24Cl2N6/c1-28-12-13(10-25-28)18-11-24-19(26-17-8-15(21)7-16(22)9-17)27-20(18,23)14-5-3-2-4-6-14/h7-12,14H,2-6,23H2,1H3,(H2,24,26,27). The number of aryl methyl sites for hydroxylation is 1. The van der Waals surface area contributed by atoms with Crippen LogP contribution >= 0.6 is 23.2 Å². The zero-order valence-corrected chi connectivity index (χ0v) is 17.3. The van der Waals surface area contributed by atoms with Crippen LogP contribution in [0.25, 0.3) is 5.57 Å². The highest BCUT2D eigenvalue weighted by atomic mass is 35.5. The Bertz CT molecular complexity index is 908. The number of hydrogen-bond donors (Lipinski definition) is 3. The molecule has 1 aliphatic carbocycles. The average molecular weight is 419 g/mol. The molecule has 0 amide bonds. The number of nitrogens with one attached hydrogen (secondary N) is 2. The van der Waals surface area contributed by atoms with Gasteiger partial charge in [0.15, 0.2) is 0 Å². The fourth-order valence-electron chi connectivity index (χ4n) is 4.11. The fourth-order valence-corrected chi connectivity index (χ4v) is 4.64. The first-order chi connectivity index (χ1) is 13.4. The lowest BCUT2D eigenvalue weighted by Crippen LogP contribution is -2.64. The van der Waals surface area contributed by atoms with E-state index in [4.69, 9.17) is 28.9 Å². The number of nitrogens with zero attached hydrogens (tertiary/aromatic N) is 3. The quantitative estimate of drug-likeness (QED) is 0.690. The van der Waals surface area contributed by atoms with E-state index in [-0.39, 0.29) is 0 Å². The van der Waals surface area contributed by atoms with Crippen molar-refractivity contribution in [1.29, 1.82) is 0 Å². The lowest BCUT2D eigenvalue weighted by molar-refractivity contribution is 0.240. The maximum Gasteiger partial charge on any atom is 0.202 e. The lowest BCUT2D eigenvalue weighted by atomic mass is 9.75. The summed E-state index contributed by atoms with van der Waals surface area (Å²) in [5.74, 6) is 0.891. The summed E-state index contributed by atoms with van der Waals surface area (Å²) in [6.07, 6.45) is 11.5. The van der Waals surface area contributed by atoms with Crippen molar-refractivity contribution in [3.8, 4) is 0 Å². The van der Waals surface area contributed by atoms with E-state index < -0.39 is 5.66 Å². The van der Waals surface area contributed by atoms with Gasteiger partial charge in [0.05, 0.1) is 6.20 Å². The third-order valence-electron chi connectivity index (χ3n) is 5.48. The first-order valence-electron chi connectivity index (χ1n) is 9.52. The molecule has 0 spiro atoms. The Morgan fingerprint density at radius 3 is 2.54 bits per heavy atom. The molecule has 1 unspecified atom stereocenters. The summed E-state index contributed by atoms with van der Waals surface area (Å²) in [7, 11) is 1.90. The molecule has 1 saturated carbocycles. The third-order valence-corrected chi connectivity index (χ3v) is 5.92. The second-order valence-corrected chi connectivity index (χ2v) is 8.41. The maximum atomic E-state index is 7.03. The molecule has 8 heteroatoms. The minimum atomic E-state index is -0.726. The summed E-state index contributed by atoms with van der Waals surface area (Å²) < 4.78 is 1.78. The van der Waals surface area contributed by atoms with Crippen LogP contribution in [0.2, 0.25) is 10.0 Å². The van der Waals surface area contributed by atoms with Gasteiger partial charge in [0, 0.05) is 46.3 Å². The monoisotopic (exact) mass is 418 g/mol. The lowest BCUT2D eigenvalue weighted by Gasteiger charge is -2.44. The van der Waals surface area contributed by atoms with E-state index in [0.717, 1.165) is 29.7 Å². The molecule has 1 fully saturated rings. The number of nitrogens with two attached hydrogens (primary N) is 1. The molecule has 1 aromatic carbocycles. The Labute approximate surface area is 174 Å². The molecule has 1 aromatic heterocycles. The van der Waals surface area contributed by atoms with E-state index in [2.05, 4.69) is 20.7 Å². The van der Waals surface area contributed by atoms with Crippen molar-refractivity contribution in [1.82, 2.24) is 15.1 Å². The molecule has 1 aliphatic heterocycles. The minimum absolute atomic E-state index is 0.308. The van der Waals surface area contributed by atoms with Crippen molar-refractivity contribution in [2.24, 2.45) is 23.7 Å². The highest BCUT2D eigenvalue weighted by Crippen LogP contribution is 2.39. The van der Waals surface area contributed by atoms with E-state index in [9.17, 15) is 0 Å². The summed E-state index contributed by atoms with van der Waals surface area (Å²) in [5.41, 5.74) is 9.01. The van der Waals surface area contributed by atoms with E-state index in [0.29, 0.717) is 21.9 Å². The van der Waals surface area contributed by atoms with Crippen molar-refractivity contribution < 1.29 is 0 Å². The second kappa shape index (κ2) is 7.78. The van der Waals surface area contributed by atoms with E-state index in [1.807, 2.05) is 25.6 Å². The number of guanidine groups is 1. The molecule has 0 radical (unpaired) electrons. The van der Waals surface area contributed by atoms with Crippen LogP contribution in [-0.4, -0.2) is 21.4 Å². The van der Waals surface area contributed by atoms with Crippen LogP contribution in [0.5, 0.6) is 0 Å². The molecule has 4 rings (SSSR count). The molecule has 4 N–H and O–H groups in total. The molecule has 1 atom stereocenters. The highest BCUT2D eigenvalue weighted by molar-refractivity contribution is 6.35. The number of anilines is 1. The largest absolute Gasteiger partial charge is 0.334 e. The van der Waals surface area contributed by atoms with Gasteiger partial charge in [-0.2, -0.15) is 5.10 Å². The van der Waals surface area contributed by atoms with Gasteiger partial charge in [-0.3, -0.25) is 4.68 Å². The molecule has 28 heavy (non-hydrogen) atoms. The van der Waals surface area contributed by atoms with Gasteiger partial charge in [-0.05, 0) is 37.0 Å². The number of rotatable bonds is 3. The number of aliphatic imine (C=N–C) groups is 1. The van der Waals surface area contributed by atoms with E-state index in [1.165, 1.54) is 19.3 Å². The number of aromatic nitrogens is 2. The smallest absolute Gasteiger partial charge is 0.202 e. The second-order valence-electron chi connectivity index (χ2n) is 7.54. The Morgan fingerprint density at radius 1 is 1.18 bits per heavy atom. The Hall–Kier alpha value is -2.02. The summed E-state index contributed by atoms with van der Waals surface area (Å²) in [5, 5.41) is 12.2. The van der Waals surface area contributed by atoms with Crippen molar-refractivity contribution in [3.63, 3.8) is 0 Å². The van der Waals surface area contributed by atoms with E-state index >= 15 is 0 Å². The van der Waals surface area contributed by atoms with Crippen molar-refractivity contribution in [3.05, 3.63) is 52.4 Å². The molecule has 148 valence electrons. The molecule has 2 aromatic rings. The Morgan fingerprint density at radius 2 is 1.89 bits per heavy atom. The first-order valence-corrected chi connectivity index (χ1v) is 10.3. The van der Waals surface area contributed by atoms with Gasteiger partial charge in [-0.25, -0.2) is 4.99 Å². The summed E-state index contributed by atoms with van der Waals surface area (Å²) in [6.45, 7) is 0. The zero-order chi connectivity index (χ0) is 19.7. The van der Waals surface area contributed by atoms with Crippen LogP contribution in [0, 0.1) is 5.92 Å². The van der Waals surface area contributed by atoms with Gasteiger partial charge in [0.1, 0.15) is 5.66 Å². The van der Waals surface area contributed by atoms with Gasteiger partial charge in [-0.15, -0.1) is 0 Å². The Balaban J connectivity index is 1.68. The van der Waals surface area contributed by atoms with Gasteiger partial charge in [0.25, 0.3) is 0 Å². The minimum Gasteiger partial charge on any atom is -0.334 e. The zero-order valence-electron chi connectivity index (χ0n) is 15.8. The average Bonchev–Trinajstić information content (AvgIpc) is 3.08. The van der Waals surface area contributed by atoms with Crippen LogP contribution in [0.4, 0.5) is 5.69 Å². The molecule has 2 heterocycles. The van der Waals surface area contributed by atoms with Crippen LogP contribution in [0.15, 0.2) is 41.8 Å². The topological polar surface area (TPSA) is 80.3 Å². The van der Waals surface area contributed by atoms with Crippen molar-refractivity contribution >= 4 is 40.4 Å². The number of hydrogen-bond acceptors (Lipinski definition) is 5. The molecular formula is C20H24Cl2N6. The fraction of sp³-hybridized carbons (Fsp3) is 0.400. The predicted molar refractivity (Wildman–Crippen MR) is 115 cm³/mol. The number of halogens is 2. The normalized spacial score (nSPS) is 23.0. The van der Waals surface area contributed by atoms with Crippen LogP contribution in [0.3, 0.4) is 0 Å². The highest BCUT2D eigenvalue weighted by Gasteiger charge is 2.42. The molecular weight excluding hydrogens is 395 g/mol. The molecule has 0 saturated heterocycles. The van der Waals surface area contributed by atoms with Crippen molar-refractivity contribution in [2.45, 2.75) is 37.8 Å². The maximum absolute atomic E-state index is 7.03. The predicted octanol–water partition coefficient (Wildman–Crippen LogP) is 4.37. The van der Waals surface area contributed by atoms with E-state index in [1.54, 1.807) is 22.9 Å². The first kappa shape index (κ1) is 19.3. The van der Waals surface area contributed by atoms with Crippen LogP contribution in [0.1, 0.15) is 37.7 Å². The van der Waals surface area contributed by atoms with Crippen LogP contribution < -0.4 is 16.4 Å². The van der Waals surface area contributed by atoms with Crippen molar-refractivity contribution in [2.75, 3.05) is 5.32 Å². The molecule has 0 bridgehead atoms. The third kappa shape index (κ3) is 3.90. The molecule has 2 aliphatic rings. The Kier molecular flexibility index (Phi) is 5.36. The van der Waals surface area contributed by atoms with Gasteiger partial charge in [0.2, 0.25) is 5.96 Å². The molecule has 6 nitrogen and oxygen atoms in total. The summed E-state index contributed by atoms with van der Waals surface area (Å²) in [6, 6.07) is 5.30. The van der Waals surface area contributed by atoms with Gasteiger partial charge < -0.3 is 16.4 Å². The van der Waals surface area contributed by atoms with Gasteiger partial charge >= 0.3 is 0 Å². The summed E-state index contributed by atoms with van der Waals surface area (Å²) in [4.78, 5) is 4.57.